The molecule has 18 heavy (non-hydrogen) atoms. The molecule has 0 aliphatic heterocycles. The summed E-state index contributed by atoms with van der Waals surface area (Å²) in [6.07, 6.45) is 4.75. The van der Waals surface area contributed by atoms with Gasteiger partial charge in [0.05, 0.1) is 11.6 Å². The molecule has 2 N–H and O–H groups in total. The van der Waals surface area contributed by atoms with Crippen LogP contribution in [0.25, 0.3) is 10.9 Å². The number of hydrogen-bond acceptors (Lipinski definition) is 3. The van der Waals surface area contributed by atoms with Crippen LogP contribution in [0.5, 0.6) is 0 Å². The highest BCUT2D eigenvalue weighted by Crippen LogP contribution is 2.20. The van der Waals surface area contributed by atoms with Gasteiger partial charge < -0.3 is 10.4 Å². The maximum atomic E-state index is 9.80. The summed E-state index contributed by atoms with van der Waals surface area (Å²) in [6.45, 7) is 0.774. The van der Waals surface area contributed by atoms with E-state index < -0.39 is 0 Å². The van der Waals surface area contributed by atoms with E-state index in [0.717, 1.165) is 31.3 Å². The number of nitrogens with zero attached hydrogens (tertiary/aromatic N) is 1. The molecule has 2 atom stereocenters. The molecule has 0 saturated heterocycles. The minimum Gasteiger partial charge on any atom is -0.392 e. The Labute approximate surface area is 107 Å². The van der Waals surface area contributed by atoms with Crippen molar-refractivity contribution in [2.45, 2.75) is 38.0 Å². The highest BCUT2D eigenvalue weighted by molar-refractivity contribution is 5.81. The number of hydrogen-bond donors (Lipinski definition) is 2. The van der Waals surface area contributed by atoms with Crippen LogP contribution in [0.15, 0.2) is 36.5 Å². The summed E-state index contributed by atoms with van der Waals surface area (Å²) in [7, 11) is 0. The molecular weight excluding hydrogens is 224 g/mol. The van der Waals surface area contributed by atoms with Crippen molar-refractivity contribution in [3.8, 4) is 0 Å². The van der Waals surface area contributed by atoms with E-state index in [1.54, 1.807) is 0 Å². The number of nitrogens with one attached hydrogen (secondary N) is 1. The van der Waals surface area contributed by atoms with E-state index in [1.165, 1.54) is 10.9 Å². The largest absolute Gasteiger partial charge is 0.392 e. The molecule has 0 spiro atoms. The third-order valence-corrected chi connectivity index (χ3v) is 3.75. The van der Waals surface area contributed by atoms with Crippen LogP contribution in [0.3, 0.4) is 0 Å². The summed E-state index contributed by atoms with van der Waals surface area (Å²) in [5, 5.41) is 14.4. The van der Waals surface area contributed by atoms with E-state index in [-0.39, 0.29) is 12.1 Å². The quantitative estimate of drug-likeness (QED) is 0.867. The van der Waals surface area contributed by atoms with Gasteiger partial charge >= 0.3 is 0 Å². The van der Waals surface area contributed by atoms with Crippen LogP contribution >= 0.6 is 0 Å². The lowest BCUT2D eigenvalue weighted by Crippen LogP contribution is -2.35. The van der Waals surface area contributed by atoms with Gasteiger partial charge in [0.15, 0.2) is 0 Å². The van der Waals surface area contributed by atoms with E-state index >= 15 is 0 Å². The third-order valence-electron chi connectivity index (χ3n) is 3.75. The first-order valence-corrected chi connectivity index (χ1v) is 6.58. The van der Waals surface area contributed by atoms with Crippen LogP contribution in [-0.4, -0.2) is 22.2 Å². The molecule has 1 fully saturated rings. The molecule has 1 aliphatic rings. The number of rotatable bonds is 3. The monoisotopic (exact) mass is 242 g/mol. The normalized spacial score (nSPS) is 23.6. The third kappa shape index (κ3) is 2.24. The fourth-order valence-electron chi connectivity index (χ4n) is 2.73. The number of aliphatic hydroxyl groups excluding tert-OH is 1. The molecule has 0 amide bonds. The predicted molar refractivity (Wildman–Crippen MR) is 72.2 cm³/mol. The maximum Gasteiger partial charge on any atom is 0.0746 e. The minimum atomic E-state index is -0.187. The molecule has 1 saturated carbocycles. The Balaban J connectivity index is 1.78. The summed E-state index contributed by atoms with van der Waals surface area (Å²) >= 11 is 0. The van der Waals surface area contributed by atoms with Crippen LogP contribution in [0.4, 0.5) is 0 Å². The minimum absolute atomic E-state index is 0.187. The van der Waals surface area contributed by atoms with E-state index in [4.69, 9.17) is 0 Å². The van der Waals surface area contributed by atoms with Gasteiger partial charge in [0, 0.05) is 24.2 Å². The molecule has 1 heterocycles. The first-order valence-electron chi connectivity index (χ1n) is 6.58. The number of aromatic nitrogens is 1. The van der Waals surface area contributed by atoms with Gasteiger partial charge in [-0.2, -0.15) is 0 Å². The Morgan fingerprint density at radius 1 is 1.22 bits per heavy atom. The summed E-state index contributed by atoms with van der Waals surface area (Å²) in [5.74, 6) is 0. The molecule has 0 bridgehead atoms. The zero-order chi connectivity index (χ0) is 12.4. The average molecular weight is 242 g/mol. The topological polar surface area (TPSA) is 45.1 Å². The Bertz CT molecular complexity index is 536. The van der Waals surface area contributed by atoms with Crippen LogP contribution < -0.4 is 5.32 Å². The number of benzene rings is 1. The van der Waals surface area contributed by atoms with E-state index in [9.17, 15) is 5.11 Å². The van der Waals surface area contributed by atoms with Crippen LogP contribution in [0.2, 0.25) is 0 Å². The average Bonchev–Trinajstić information content (AvgIpc) is 2.82. The first kappa shape index (κ1) is 11.6. The zero-order valence-electron chi connectivity index (χ0n) is 10.3. The number of pyridine rings is 1. The van der Waals surface area contributed by atoms with E-state index in [2.05, 4.69) is 34.6 Å². The molecule has 1 aromatic carbocycles. The van der Waals surface area contributed by atoms with Crippen LogP contribution in [-0.2, 0) is 6.54 Å². The molecule has 3 nitrogen and oxygen atoms in total. The van der Waals surface area contributed by atoms with Crippen molar-refractivity contribution in [3.05, 3.63) is 42.1 Å². The lowest BCUT2D eigenvalue weighted by atomic mass is 10.1. The number of fused-ring (bicyclic) bond motifs is 1. The summed E-state index contributed by atoms with van der Waals surface area (Å²) in [4.78, 5) is 4.44. The summed E-state index contributed by atoms with van der Waals surface area (Å²) in [6, 6.07) is 10.5. The zero-order valence-corrected chi connectivity index (χ0v) is 10.3. The molecule has 2 unspecified atom stereocenters. The second kappa shape index (κ2) is 5.04. The summed E-state index contributed by atoms with van der Waals surface area (Å²) < 4.78 is 0. The molecule has 3 heteroatoms. The predicted octanol–water partition coefficient (Wildman–Crippen LogP) is 2.24. The van der Waals surface area contributed by atoms with E-state index in [1.807, 2.05) is 12.3 Å². The van der Waals surface area contributed by atoms with Crippen molar-refractivity contribution in [1.82, 2.24) is 10.3 Å². The Kier molecular flexibility index (Phi) is 3.26. The maximum absolute atomic E-state index is 9.80. The van der Waals surface area contributed by atoms with Gasteiger partial charge in [-0.3, -0.25) is 4.98 Å². The molecule has 1 aliphatic carbocycles. The lowest BCUT2D eigenvalue weighted by Gasteiger charge is -2.16. The molecule has 3 rings (SSSR count). The molecule has 1 aromatic heterocycles. The SMILES string of the molecule is OC1CCCC1NCc1cccc2cccnc12. The second-order valence-electron chi connectivity index (χ2n) is 4.98. The molecule has 0 radical (unpaired) electrons. The number of aliphatic hydroxyl groups is 1. The first-order chi connectivity index (χ1) is 8.84. The van der Waals surface area contributed by atoms with Crippen molar-refractivity contribution >= 4 is 10.9 Å². The van der Waals surface area contributed by atoms with Crippen molar-refractivity contribution in [2.24, 2.45) is 0 Å². The number of para-hydroxylation sites is 1. The fraction of sp³-hybridized carbons (Fsp3) is 0.400. The smallest absolute Gasteiger partial charge is 0.0746 e. The highest BCUT2D eigenvalue weighted by Gasteiger charge is 2.24. The van der Waals surface area contributed by atoms with Gasteiger partial charge in [-0.25, -0.2) is 0 Å². The molecule has 94 valence electrons. The van der Waals surface area contributed by atoms with Crippen LogP contribution in [0.1, 0.15) is 24.8 Å². The molecular formula is C15H18N2O. The second-order valence-corrected chi connectivity index (χ2v) is 4.98. The fourth-order valence-corrected chi connectivity index (χ4v) is 2.73. The van der Waals surface area contributed by atoms with Crippen molar-refractivity contribution in [1.29, 1.82) is 0 Å². The Hall–Kier alpha value is -1.45. The Morgan fingerprint density at radius 2 is 2.11 bits per heavy atom. The standard InChI is InChI=1S/C15H18N2O/c18-14-8-2-7-13(14)17-10-12-5-1-4-11-6-3-9-16-15(11)12/h1,3-6,9,13-14,17-18H,2,7-8,10H2. The van der Waals surface area contributed by atoms with Gasteiger partial charge in [0.2, 0.25) is 0 Å². The lowest BCUT2D eigenvalue weighted by molar-refractivity contribution is 0.148. The van der Waals surface area contributed by atoms with Gasteiger partial charge in [-0.15, -0.1) is 0 Å². The van der Waals surface area contributed by atoms with Crippen molar-refractivity contribution in [3.63, 3.8) is 0 Å². The molecule has 2 aromatic rings. The highest BCUT2D eigenvalue weighted by atomic mass is 16.3. The van der Waals surface area contributed by atoms with Crippen molar-refractivity contribution in [2.75, 3.05) is 0 Å². The van der Waals surface area contributed by atoms with Gasteiger partial charge in [0.1, 0.15) is 0 Å². The van der Waals surface area contributed by atoms with Gasteiger partial charge in [-0.1, -0.05) is 24.3 Å². The summed E-state index contributed by atoms with van der Waals surface area (Å²) in [5.41, 5.74) is 2.26. The van der Waals surface area contributed by atoms with Crippen LogP contribution in [0, 0.1) is 0 Å². The van der Waals surface area contributed by atoms with Gasteiger partial charge in [-0.05, 0) is 30.9 Å². The van der Waals surface area contributed by atoms with E-state index in [0.29, 0.717) is 0 Å². The Morgan fingerprint density at radius 3 is 2.94 bits per heavy atom. The van der Waals surface area contributed by atoms with Crippen molar-refractivity contribution < 1.29 is 5.11 Å². The van der Waals surface area contributed by atoms with Gasteiger partial charge in [0.25, 0.3) is 0 Å².